The smallest absolute Gasteiger partial charge is 0.164 e. The van der Waals surface area contributed by atoms with Crippen LogP contribution in [0.15, 0.2) is 158 Å². The molecule has 9 aromatic rings. The normalized spacial score (nSPS) is 11.4. The summed E-state index contributed by atoms with van der Waals surface area (Å²) in [6.07, 6.45) is 0. The Morgan fingerprint density at radius 2 is 0.872 bits per heavy atom. The molecule has 0 saturated heterocycles. The number of aromatic nitrogens is 4. The Labute approximate surface area is 275 Å². The Morgan fingerprint density at radius 1 is 0.362 bits per heavy atom. The van der Waals surface area contributed by atoms with Gasteiger partial charge in [0.2, 0.25) is 0 Å². The quantitative estimate of drug-likeness (QED) is 0.180. The van der Waals surface area contributed by atoms with Crippen molar-refractivity contribution in [2.45, 2.75) is 0 Å². The van der Waals surface area contributed by atoms with Crippen LogP contribution in [0.4, 0.5) is 0 Å². The summed E-state index contributed by atoms with van der Waals surface area (Å²) in [5, 5.41) is 5.92. The number of thiazole rings is 1. The highest BCUT2D eigenvalue weighted by Crippen LogP contribution is 2.40. The van der Waals surface area contributed by atoms with E-state index in [1.807, 2.05) is 66.7 Å². The largest absolute Gasteiger partial charge is 0.236 e. The Kier molecular flexibility index (Phi) is 6.61. The van der Waals surface area contributed by atoms with E-state index in [2.05, 4.69) is 91.0 Å². The fourth-order valence-electron chi connectivity index (χ4n) is 6.18. The van der Waals surface area contributed by atoms with Crippen molar-refractivity contribution < 1.29 is 0 Å². The predicted octanol–water partition coefficient (Wildman–Crippen LogP) is 11.1. The molecule has 0 aliphatic carbocycles. The zero-order valence-electron chi connectivity index (χ0n) is 25.2. The minimum atomic E-state index is 0.644. The van der Waals surface area contributed by atoms with E-state index in [1.165, 1.54) is 26.2 Å². The molecular weight excluding hydrogens is 593 g/mol. The number of nitrogens with zero attached hydrogens (tertiary/aromatic N) is 4. The van der Waals surface area contributed by atoms with Crippen LogP contribution in [0.3, 0.4) is 0 Å². The molecule has 2 heterocycles. The minimum Gasteiger partial charge on any atom is -0.236 e. The van der Waals surface area contributed by atoms with Gasteiger partial charge in [-0.1, -0.05) is 140 Å². The molecule has 0 atom stereocenters. The molecule has 0 saturated carbocycles. The van der Waals surface area contributed by atoms with Crippen LogP contribution in [-0.2, 0) is 0 Å². The van der Waals surface area contributed by atoms with Gasteiger partial charge in [-0.2, -0.15) is 0 Å². The lowest BCUT2D eigenvalue weighted by molar-refractivity contribution is 1.07. The van der Waals surface area contributed by atoms with Crippen LogP contribution < -0.4 is 0 Å². The highest BCUT2D eigenvalue weighted by molar-refractivity contribution is 7.22. The summed E-state index contributed by atoms with van der Waals surface area (Å²) in [6, 6.07) is 54.6. The molecule has 4 nitrogen and oxygen atoms in total. The van der Waals surface area contributed by atoms with Gasteiger partial charge in [0.05, 0.1) is 10.2 Å². The molecule has 5 heteroatoms. The van der Waals surface area contributed by atoms with Crippen LogP contribution in [0.5, 0.6) is 0 Å². The van der Waals surface area contributed by atoms with Gasteiger partial charge >= 0.3 is 0 Å². The minimum absolute atomic E-state index is 0.644. The van der Waals surface area contributed by atoms with Crippen LogP contribution in [0, 0.1) is 0 Å². The maximum atomic E-state index is 5.02. The van der Waals surface area contributed by atoms with Crippen molar-refractivity contribution in [2.75, 3.05) is 0 Å². The number of fused-ring (bicyclic) bond motifs is 5. The molecule has 0 radical (unpaired) electrons. The topological polar surface area (TPSA) is 51.6 Å². The third-order valence-electron chi connectivity index (χ3n) is 8.53. The summed E-state index contributed by atoms with van der Waals surface area (Å²) in [6.45, 7) is 0. The Morgan fingerprint density at radius 3 is 1.55 bits per heavy atom. The van der Waals surface area contributed by atoms with Crippen molar-refractivity contribution in [3.05, 3.63) is 158 Å². The van der Waals surface area contributed by atoms with Crippen LogP contribution >= 0.6 is 11.3 Å². The van der Waals surface area contributed by atoms with E-state index < -0.39 is 0 Å². The van der Waals surface area contributed by atoms with Crippen LogP contribution in [-0.4, -0.2) is 19.9 Å². The van der Waals surface area contributed by atoms with E-state index >= 15 is 0 Å². The van der Waals surface area contributed by atoms with Crippen molar-refractivity contribution in [3.63, 3.8) is 0 Å². The molecule has 9 rings (SSSR count). The third-order valence-corrected chi connectivity index (χ3v) is 9.67. The molecule has 0 aliphatic rings. The van der Waals surface area contributed by atoms with Gasteiger partial charge in [-0.3, -0.25) is 0 Å². The Bertz CT molecular complexity index is 2500. The average Bonchev–Trinajstić information content (AvgIpc) is 3.60. The number of rotatable bonds is 5. The van der Waals surface area contributed by atoms with Gasteiger partial charge in [0, 0.05) is 27.6 Å². The van der Waals surface area contributed by atoms with Crippen molar-refractivity contribution >= 4 is 43.1 Å². The first-order valence-electron chi connectivity index (χ1n) is 15.6. The third kappa shape index (κ3) is 5.03. The van der Waals surface area contributed by atoms with E-state index in [0.717, 1.165) is 43.9 Å². The molecule has 0 N–H and O–H groups in total. The molecule has 2 aromatic heterocycles. The van der Waals surface area contributed by atoms with Gasteiger partial charge in [-0.05, 0) is 45.5 Å². The van der Waals surface area contributed by atoms with Crippen LogP contribution in [0.1, 0.15) is 0 Å². The molecule has 0 aliphatic heterocycles. The zero-order chi connectivity index (χ0) is 31.2. The number of benzene rings is 7. The fourth-order valence-corrected chi connectivity index (χ4v) is 7.32. The lowest BCUT2D eigenvalue weighted by Crippen LogP contribution is -2.00. The molecular formula is C42H26N4S. The maximum Gasteiger partial charge on any atom is 0.164 e. The second-order valence-electron chi connectivity index (χ2n) is 11.5. The first-order valence-corrected chi connectivity index (χ1v) is 16.4. The molecule has 0 bridgehead atoms. The van der Waals surface area contributed by atoms with E-state index in [-0.39, 0.29) is 0 Å². The monoisotopic (exact) mass is 618 g/mol. The second-order valence-corrected chi connectivity index (χ2v) is 12.5. The van der Waals surface area contributed by atoms with Crippen molar-refractivity contribution in [2.24, 2.45) is 0 Å². The molecule has 0 spiro atoms. The van der Waals surface area contributed by atoms with Gasteiger partial charge in [0.25, 0.3) is 0 Å². The Balaban J connectivity index is 1.19. The van der Waals surface area contributed by atoms with Crippen molar-refractivity contribution in [1.29, 1.82) is 0 Å². The first kappa shape index (κ1) is 27.3. The first-order chi connectivity index (χ1) is 23.3. The van der Waals surface area contributed by atoms with Crippen LogP contribution in [0.2, 0.25) is 0 Å². The summed E-state index contributed by atoms with van der Waals surface area (Å²) in [4.78, 5) is 19.8. The summed E-state index contributed by atoms with van der Waals surface area (Å²) >= 11 is 1.76. The predicted molar refractivity (Wildman–Crippen MR) is 195 cm³/mol. The standard InChI is InChI=1S/C42H26N4S/c1-4-11-29(12-5-1)39-44-40(30-13-6-2-7-14-30)46-41(45-39)34-18-10-17-32(25-34)33-22-20-27-19-21-28-23-24-36-38(37(28)35(27)26-33)47-42(43-36)31-15-8-3-9-16-31/h1-26H. The summed E-state index contributed by atoms with van der Waals surface area (Å²) in [5.74, 6) is 1.95. The zero-order valence-corrected chi connectivity index (χ0v) is 26.0. The number of hydrogen-bond acceptors (Lipinski definition) is 5. The Hall–Kier alpha value is -6.04. The van der Waals surface area contributed by atoms with Gasteiger partial charge in [0.1, 0.15) is 5.01 Å². The van der Waals surface area contributed by atoms with Crippen LogP contribution in [0.25, 0.3) is 87.6 Å². The molecule has 47 heavy (non-hydrogen) atoms. The van der Waals surface area contributed by atoms with Gasteiger partial charge in [0.15, 0.2) is 17.5 Å². The SMILES string of the molecule is c1ccc(-c2nc(-c3ccccc3)nc(-c3cccc(-c4ccc5ccc6ccc7nc(-c8ccccc8)sc7c6c5c4)c3)n2)cc1. The fraction of sp³-hybridized carbons (Fsp3) is 0. The van der Waals surface area contributed by atoms with E-state index in [1.54, 1.807) is 11.3 Å². The summed E-state index contributed by atoms with van der Waals surface area (Å²) < 4.78 is 1.21. The highest BCUT2D eigenvalue weighted by atomic mass is 32.1. The van der Waals surface area contributed by atoms with Crippen molar-refractivity contribution in [3.8, 4) is 55.9 Å². The lowest BCUT2D eigenvalue weighted by atomic mass is 9.96. The molecule has 0 fully saturated rings. The lowest BCUT2D eigenvalue weighted by Gasteiger charge is -2.11. The summed E-state index contributed by atoms with van der Waals surface area (Å²) in [7, 11) is 0. The van der Waals surface area contributed by atoms with Gasteiger partial charge in [-0.25, -0.2) is 19.9 Å². The summed E-state index contributed by atoms with van der Waals surface area (Å²) in [5.41, 5.74) is 7.26. The van der Waals surface area contributed by atoms with Crippen molar-refractivity contribution in [1.82, 2.24) is 19.9 Å². The van der Waals surface area contributed by atoms with E-state index in [4.69, 9.17) is 19.9 Å². The molecule has 0 unspecified atom stereocenters. The average molecular weight is 619 g/mol. The van der Waals surface area contributed by atoms with Gasteiger partial charge in [-0.15, -0.1) is 11.3 Å². The second kappa shape index (κ2) is 11.4. The highest BCUT2D eigenvalue weighted by Gasteiger charge is 2.15. The number of hydrogen-bond donors (Lipinski definition) is 0. The van der Waals surface area contributed by atoms with E-state index in [9.17, 15) is 0 Å². The molecule has 220 valence electrons. The van der Waals surface area contributed by atoms with Gasteiger partial charge < -0.3 is 0 Å². The maximum absolute atomic E-state index is 5.02. The molecule has 7 aromatic carbocycles. The van der Waals surface area contributed by atoms with E-state index in [0.29, 0.717) is 17.5 Å². The molecule has 0 amide bonds.